The van der Waals surface area contributed by atoms with E-state index in [9.17, 15) is 9.59 Å². The fourth-order valence-corrected chi connectivity index (χ4v) is 4.71. The lowest BCUT2D eigenvalue weighted by atomic mass is 9.94. The van der Waals surface area contributed by atoms with Crippen molar-refractivity contribution < 1.29 is 19.1 Å². The van der Waals surface area contributed by atoms with Crippen LogP contribution in [0.4, 0.5) is 0 Å². The Hall–Kier alpha value is -2.73. The van der Waals surface area contributed by atoms with Gasteiger partial charge in [-0.3, -0.25) is 9.59 Å². The number of nitrogens with one attached hydrogen (secondary N) is 1. The van der Waals surface area contributed by atoms with E-state index in [-0.39, 0.29) is 23.7 Å². The standard InChI is InChI=1S/C28H37ClN2O4/c1-3-18-35-24-15-14-22(19-25(24)34-2)27(28(33)30-23-12-8-5-9-13-23)31(26(32)20-29)17-16-21-10-6-4-7-11-21/h4,6-7,10-11,14-15,19,23,27H,3,5,8-9,12-13,16-18,20H2,1-2H3,(H,30,33)/t27-/m1/s1. The number of ether oxygens (including phenoxy) is 2. The molecule has 0 aromatic heterocycles. The molecule has 35 heavy (non-hydrogen) atoms. The lowest BCUT2D eigenvalue weighted by Crippen LogP contribution is -2.48. The lowest BCUT2D eigenvalue weighted by Gasteiger charge is -2.33. The zero-order valence-electron chi connectivity index (χ0n) is 20.8. The molecule has 6 nitrogen and oxygen atoms in total. The van der Waals surface area contributed by atoms with Gasteiger partial charge in [0.15, 0.2) is 11.5 Å². The number of carbonyl (C=O) groups excluding carboxylic acids is 2. The molecule has 0 spiro atoms. The number of halogens is 1. The Morgan fingerprint density at radius 2 is 1.83 bits per heavy atom. The molecular formula is C28H37ClN2O4. The third-order valence-corrected chi connectivity index (χ3v) is 6.62. The van der Waals surface area contributed by atoms with E-state index in [1.165, 1.54) is 6.42 Å². The molecule has 2 amide bonds. The number of amides is 2. The Balaban J connectivity index is 1.94. The smallest absolute Gasteiger partial charge is 0.247 e. The molecule has 7 heteroatoms. The minimum absolute atomic E-state index is 0.120. The molecule has 3 rings (SSSR count). The SMILES string of the molecule is CCCOc1ccc([C@H](C(=O)NC2CCCCC2)N(CCc2ccccc2)C(=O)CCl)cc1OC. The average Bonchev–Trinajstić information content (AvgIpc) is 2.90. The van der Waals surface area contributed by atoms with Gasteiger partial charge in [-0.15, -0.1) is 11.6 Å². The van der Waals surface area contributed by atoms with Crippen molar-refractivity contribution in [1.82, 2.24) is 10.2 Å². The van der Waals surface area contributed by atoms with Crippen LogP contribution in [0, 0.1) is 0 Å². The minimum Gasteiger partial charge on any atom is -0.493 e. The minimum atomic E-state index is -0.819. The van der Waals surface area contributed by atoms with Gasteiger partial charge in [0, 0.05) is 12.6 Å². The number of methoxy groups -OCH3 is 1. The molecule has 0 bridgehead atoms. The maximum absolute atomic E-state index is 13.7. The molecule has 1 N–H and O–H groups in total. The zero-order chi connectivity index (χ0) is 25.0. The summed E-state index contributed by atoms with van der Waals surface area (Å²) in [6, 6.07) is 14.7. The molecule has 1 aliphatic rings. The monoisotopic (exact) mass is 500 g/mol. The molecule has 0 heterocycles. The van der Waals surface area contributed by atoms with E-state index in [2.05, 4.69) is 5.32 Å². The van der Waals surface area contributed by atoms with Gasteiger partial charge in [-0.05, 0) is 48.9 Å². The fraction of sp³-hybridized carbons (Fsp3) is 0.500. The highest BCUT2D eigenvalue weighted by Gasteiger charge is 2.33. The van der Waals surface area contributed by atoms with Crippen LogP contribution in [-0.4, -0.2) is 48.9 Å². The van der Waals surface area contributed by atoms with Crippen molar-refractivity contribution in [3.63, 3.8) is 0 Å². The van der Waals surface area contributed by atoms with Gasteiger partial charge in [0.2, 0.25) is 11.8 Å². The number of nitrogens with zero attached hydrogens (tertiary/aromatic N) is 1. The summed E-state index contributed by atoms with van der Waals surface area (Å²) in [4.78, 5) is 28.4. The topological polar surface area (TPSA) is 67.9 Å². The Kier molecular flexibility index (Phi) is 10.7. The Morgan fingerprint density at radius 1 is 1.09 bits per heavy atom. The fourth-order valence-electron chi connectivity index (χ4n) is 4.55. The van der Waals surface area contributed by atoms with E-state index >= 15 is 0 Å². The molecule has 190 valence electrons. The molecule has 0 aliphatic heterocycles. The maximum atomic E-state index is 13.7. The summed E-state index contributed by atoms with van der Waals surface area (Å²) in [6.07, 6.45) is 6.80. The first-order valence-corrected chi connectivity index (χ1v) is 13.1. The van der Waals surface area contributed by atoms with Gasteiger partial charge in [-0.1, -0.05) is 62.6 Å². The summed E-state index contributed by atoms with van der Waals surface area (Å²) in [5.74, 6) is 0.484. The van der Waals surface area contributed by atoms with E-state index in [0.29, 0.717) is 36.6 Å². The van der Waals surface area contributed by atoms with Crippen molar-refractivity contribution in [1.29, 1.82) is 0 Å². The van der Waals surface area contributed by atoms with Gasteiger partial charge >= 0.3 is 0 Å². The van der Waals surface area contributed by atoms with Gasteiger partial charge in [-0.25, -0.2) is 0 Å². The largest absolute Gasteiger partial charge is 0.493 e. The normalized spacial score (nSPS) is 14.7. The van der Waals surface area contributed by atoms with E-state index in [4.69, 9.17) is 21.1 Å². The summed E-state index contributed by atoms with van der Waals surface area (Å²) in [7, 11) is 1.58. The second-order valence-corrected chi connectivity index (χ2v) is 9.23. The van der Waals surface area contributed by atoms with Crippen molar-refractivity contribution in [2.24, 2.45) is 0 Å². The molecule has 1 atom stereocenters. The number of hydrogen-bond donors (Lipinski definition) is 1. The van der Waals surface area contributed by atoms with Gasteiger partial charge in [-0.2, -0.15) is 0 Å². The van der Waals surface area contributed by atoms with Crippen LogP contribution in [-0.2, 0) is 16.0 Å². The molecule has 1 aliphatic carbocycles. The van der Waals surface area contributed by atoms with E-state index < -0.39 is 6.04 Å². The van der Waals surface area contributed by atoms with Gasteiger partial charge in [0.25, 0.3) is 0 Å². The first-order chi connectivity index (χ1) is 17.1. The van der Waals surface area contributed by atoms with Crippen molar-refractivity contribution in [2.45, 2.75) is 64.0 Å². The van der Waals surface area contributed by atoms with Crippen molar-refractivity contribution in [2.75, 3.05) is 26.1 Å². The van der Waals surface area contributed by atoms with Crippen LogP contribution in [0.5, 0.6) is 11.5 Å². The van der Waals surface area contributed by atoms with Crippen LogP contribution < -0.4 is 14.8 Å². The number of alkyl halides is 1. The summed E-state index contributed by atoms with van der Waals surface area (Å²) in [5.41, 5.74) is 1.76. The van der Waals surface area contributed by atoms with Crippen LogP contribution in [0.2, 0.25) is 0 Å². The van der Waals surface area contributed by atoms with Crippen LogP contribution in [0.25, 0.3) is 0 Å². The summed E-state index contributed by atoms with van der Waals surface area (Å²) < 4.78 is 11.4. The van der Waals surface area contributed by atoms with E-state index in [1.54, 1.807) is 18.1 Å². The Bertz CT molecular complexity index is 947. The predicted molar refractivity (Wildman–Crippen MR) is 139 cm³/mol. The maximum Gasteiger partial charge on any atom is 0.247 e. The van der Waals surface area contributed by atoms with Crippen molar-refractivity contribution in [3.8, 4) is 11.5 Å². The molecule has 2 aromatic rings. The summed E-state index contributed by atoms with van der Waals surface area (Å²) in [5, 5.41) is 3.21. The van der Waals surface area contributed by atoms with Gasteiger partial charge < -0.3 is 19.7 Å². The van der Waals surface area contributed by atoms with Crippen LogP contribution >= 0.6 is 11.6 Å². The Morgan fingerprint density at radius 3 is 2.49 bits per heavy atom. The van der Waals surface area contributed by atoms with Crippen molar-refractivity contribution >= 4 is 23.4 Å². The quantitative estimate of drug-likeness (QED) is 0.402. The summed E-state index contributed by atoms with van der Waals surface area (Å²) >= 11 is 6.03. The van der Waals surface area contributed by atoms with E-state index in [1.807, 2.05) is 49.4 Å². The van der Waals surface area contributed by atoms with Crippen LogP contribution in [0.15, 0.2) is 48.5 Å². The summed E-state index contributed by atoms with van der Waals surface area (Å²) in [6.45, 7) is 2.97. The zero-order valence-corrected chi connectivity index (χ0v) is 21.6. The lowest BCUT2D eigenvalue weighted by molar-refractivity contribution is -0.139. The third-order valence-electron chi connectivity index (χ3n) is 6.40. The number of rotatable bonds is 12. The molecule has 0 unspecified atom stereocenters. The highest BCUT2D eigenvalue weighted by Crippen LogP contribution is 2.33. The average molecular weight is 501 g/mol. The first kappa shape index (κ1) is 26.9. The second-order valence-electron chi connectivity index (χ2n) is 8.96. The molecule has 1 saturated carbocycles. The highest BCUT2D eigenvalue weighted by molar-refractivity contribution is 6.27. The molecule has 0 saturated heterocycles. The first-order valence-electron chi connectivity index (χ1n) is 12.6. The number of hydrogen-bond acceptors (Lipinski definition) is 4. The van der Waals surface area contributed by atoms with Gasteiger partial charge in [0.1, 0.15) is 11.9 Å². The van der Waals surface area contributed by atoms with Crippen LogP contribution in [0.3, 0.4) is 0 Å². The molecule has 1 fully saturated rings. The van der Waals surface area contributed by atoms with E-state index in [0.717, 1.165) is 37.7 Å². The predicted octanol–water partition coefficient (Wildman–Crippen LogP) is 5.28. The second kappa shape index (κ2) is 14.0. The van der Waals surface area contributed by atoms with Crippen LogP contribution in [0.1, 0.15) is 62.6 Å². The third kappa shape index (κ3) is 7.63. The number of benzene rings is 2. The van der Waals surface area contributed by atoms with Crippen molar-refractivity contribution in [3.05, 3.63) is 59.7 Å². The molecular weight excluding hydrogens is 464 g/mol. The highest BCUT2D eigenvalue weighted by atomic mass is 35.5. The molecule has 2 aromatic carbocycles. The molecule has 0 radical (unpaired) electrons. The Labute approximate surface area is 213 Å². The van der Waals surface area contributed by atoms with Gasteiger partial charge in [0.05, 0.1) is 13.7 Å². The number of carbonyl (C=O) groups is 2.